The van der Waals surface area contributed by atoms with Crippen LogP contribution in [-0.4, -0.2) is 19.6 Å². The average Bonchev–Trinajstić information content (AvgIpc) is 2.32. The van der Waals surface area contributed by atoms with Crippen LogP contribution in [0.25, 0.3) is 5.65 Å². The highest BCUT2D eigenvalue weighted by molar-refractivity contribution is 6.29. The molecule has 0 aliphatic heterocycles. The second-order valence-electron chi connectivity index (χ2n) is 1.97. The molecule has 0 saturated heterocycles. The van der Waals surface area contributed by atoms with E-state index in [0.29, 0.717) is 10.8 Å². The largest absolute Gasteiger partial charge is 0.348 e. The fourth-order valence-electron chi connectivity index (χ4n) is 0.787. The molecule has 1 N–H and O–H groups in total. The Morgan fingerprint density at radius 3 is 3.27 bits per heavy atom. The average molecular weight is 171 g/mol. The second-order valence-corrected chi connectivity index (χ2v) is 2.36. The van der Waals surface area contributed by atoms with Crippen LogP contribution in [0.2, 0.25) is 5.15 Å². The van der Waals surface area contributed by atoms with Crippen LogP contribution in [0, 0.1) is 0 Å². The highest BCUT2D eigenvalue weighted by atomic mass is 35.5. The zero-order valence-corrected chi connectivity index (χ0v) is 6.04. The first kappa shape index (κ1) is 6.36. The van der Waals surface area contributed by atoms with Gasteiger partial charge in [0.15, 0.2) is 5.65 Å². The van der Waals surface area contributed by atoms with Crippen LogP contribution in [0.1, 0.15) is 0 Å². The minimum atomic E-state index is -0.316. The van der Waals surface area contributed by atoms with E-state index in [2.05, 4.69) is 15.2 Å². The molecule has 2 heterocycles. The molecule has 11 heavy (non-hydrogen) atoms. The highest BCUT2D eigenvalue weighted by Gasteiger charge is 1.98. The highest BCUT2D eigenvalue weighted by Crippen LogP contribution is 2.03. The Hall–Kier alpha value is -1.36. The van der Waals surface area contributed by atoms with Crippen LogP contribution in [0.3, 0.4) is 0 Å². The van der Waals surface area contributed by atoms with Gasteiger partial charge in [-0.1, -0.05) is 11.6 Å². The van der Waals surface area contributed by atoms with E-state index in [-0.39, 0.29) is 5.69 Å². The zero-order chi connectivity index (χ0) is 7.84. The minimum Gasteiger partial charge on any atom is -0.246 e. The van der Waals surface area contributed by atoms with Crippen molar-refractivity contribution in [3.05, 3.63) is 28.0 Å². The van der Waals surface area contributed by atoms with E-state index in [9.17, 15) is 4.79 Å². The van der Waals surface area contributed by atoms with Gasteiger partial charge < -0.3 is 0 Å². The van der Waals surface area contributed by atoms with Gasteiger partial charge in [0.05, 0.1) is 0 Å². The molecule has 5 nitrogen and oxygen atoms in total. The molecule has 0 bridgehead atoms. The number of nitrogens with zero attached hydrogens (tertiary/aromatic N) is 3. The third-order valence-corrected chi connectivity index (χ3v) is 1.48. The summed E-state index contributed by atoms with van der Waals surface area (Å²) in [6.07, 6.45) is 1.32. The molecule has 56 valence electrons. The van der Waals surface area contributed by atoms with Gasteiger partial charge in [-0.2, -0.15) is 5.10 Å². The number of fused-ring (bicyclic) bond motifs is 1. The first-order valence-electron chi connectivity index (χ1n) is 2.85. The van der Waals surface area contributed by atoms with Gasteiger partial charge in [-0.25, -0.2) is 19.3 Å². The molecule has 0 spiro atoms. The summed E-state index contributed by atoms with van der Waals surface area (Å²) in [7, 11) is 0. The lowest BCUT2D eigenvalue weighted by molar-refractivity contribution is 0.997. The Morgan fingerprint density at radius 1 is 1.64 bits per heavy atom. The number of halogens is 1. The van der Waals surface area contributed by atoms with Crippen molar-refractivity contribution in [3.8, 4) is 0 Å². The number of nitrogens with one attached hydrogen (secondary N) is 1. The number of rotatable bonds is 0. The van der Waals surface area contributed by atoms with Gasteiger partial charge in [0.25, 0.3) is 0 Å². The third-order valence-electron chi connectivity index (χ3n) is 1.28. The summed E-state index contributed by atoms with van der Waals surface area (Å²) in [6, 6.07) is 1.50. The maximum Gasteiger partial charge on any atom is 0.348 e. The zero-order valence-electron chi connectivity index (χ0n) is 5.28. The van der Waals surface area contributed by atoms with Gasteiger partial charge in [0.1, 0.15) is 11.5 Å². The molecule has 0 aliphatic carbocycles. The van der Waals surface area contributed by atoms with E-state index < -0.39 is 0 Å². The van der Waals surface area contributed by atoms with Gasteiger partial charge in [0.2, 0.25) is 0 Å². The molecule has 6 heteroatoms. The number of H-pyrrole nitrogens is 1. The normalized spacial score (nSPS) is 10.6. The maximum absolute atomic E-state index is 10.9. The van der Waals surface area contributed by atoms with Gasteiger partial charge in [-0.3, -0.25) is 0 Å². The quantitative estimate of drug-likeness (QED) is 0.569. The second kappa shape index (κ2) is 2.06. The van der Waals surface area contributed by atoms with Crippen molar-refractivity contribution in [2.75, 3.05) is 0 Å². The Balaban J connectivity index is 2.97. The summed E-state index contributed by atoms with van der Waals surface area (Å²) in [5.74, 6) is 0. The number of aromatic amines is 1. The number of aromatic nitrogens is 4. The van der Waals surface area contributed by atoms with Gasteiger partial charge in [-0.05, 0) is 0 Å². The summed E-state index contributed by atoms with van der Waals surface area (Å²) in [4.78, 5) is 14.6. The standard InChI is InChI=1S/C5H3ClN4O/c6-3-1-4-8-9-5(11)10(4)2-7-3/h1-2H,(H,9,11). The van der Waals surface area contributed by atoms with E-state index in [1.54, 1.807) is 0 Å². The number of hydrogen-bond donors (Lipinski definition) is 1. The monoisotopic (exact) mass is 170 g/mol. The molecule has 0 unspecified atom stereocenters. The summed E-state index contributed by atoms with van der Waals surface area (Å²) >= 11 is 5.55. The topological polar surface area (TPSA) is 63.0 Å². The van der Waals surface area contributed by atoms with E-state index in [4.69, 9.17) is 11.6 Å². The predicted molar refractivity (Wildman–Crippen MR) is 38.6 cm³/mol. The Bertz CT molecular complexity index is 445. The van der Waals surface area contributed by atoms with Gasteiger partial charge >= 0.3 is 5.69 Å². The van der Waals surface area contributed by atoms with Crippen molar-refractivity contribution >= 4 is 17.2 Å². The number of hydrogen-bond acceptors (Lipinski definition) is 3. The molecule has 0 radical (unpaired) electrons. The molecule has 0 saturated carbocycles. The Kier molecular flexibility index (Phi) is 1.19. The van der Waals surface area contributed by atoms with Crippen LogP contribution in [0.15, 0.2) is 17.2 Å². The predicted octanol–water partition coefficient (Wildman–Crippen LogP) is 0.0710. The fraction of sp³-hybridized carbons (Fsp3) is 0. The van der Waals surface area contributed by atoms with Crippen LogP contribution in [-0.2, 0) is 0 Å². The molecule has 2 aromatic rings. The Labute approximate surface area is 65.6 Å². The van der Waals surface area contributed by atoms with Crippen LogP contribution >= 0.6 is 11.6 Å². The molecule has 0 atom stereocenters. The Morgan fingerprint density at radius 2 is 2.45 bits per heavy atom. The van der Waals surface area contributed by atoms with Crippen molar-refractivity contribution < 1.29 is 0 Å². The van der Waals surface area contributed by atoms with E-state index >= 15 is 0 Å². The molecule has 0 fully saturated rings. The first-order valence-corrected chi connectivity index (χ1v) is 3.23. The van der Waals surface area contributed by atoms with E-state index in [1.807, 2.05) is 0 Å². The van der Waals surface area contributed by atoms with Gasteiger partial charge in [0, 0.05) is 6.07 Å². The van der Waals surface area contributed by atoms with Crippen molar-refractivity contribution in [2.45, 2.75) is 0 Å². The fourth-order valence-corrected chi connectivity index (χ4v) is 0.928. The SMILES string of the molecule is O=c1[nH]nc2cc(Cl)ncn12. The summed E-state index contributed by atoms with van der Waals surface area (Å²) in [5.41, 5.74) is 0.152. The lowest BCUT2D eigenvalue weighted by Crippen LogP contribution is -2.08. The minimum absolute atomic E-state index is 0.316. The molecular formula is C5H3ClN4O. The van der Waals surface area contributed by atoms with Crippen molar-refractivity contribution in [1.82, 2.24) is 19.6 Å². The maximum atomic E-state index is 10.9. The smallest absolute Gasteiger partial charge is 0.246 e. The van der Waals surface area contributed by atoms with Crippen molar-refractivity contribution in [2.24, 2.45) is 0 Å². The molecule has 2 aromatic heterocycles. The van der Waals surface area contributed by atoms with Crippen LogP contribution < -0.4 is 5.69 Å². The lowest BCUT2D eigenvalue weighted by atomic mass is 10.6. The van der Waals surface area contributed by atoms with Crippen molar-refractivity contribution in [1.29, 1.82) is 0 Å². The molecule has 2 rings (SSSR count). The molecule has 0 aromatic carbocycles. The van der Waals surface area contributed by atoms with Crippen LogP contribution in [0.4, 0.5) is 0 Å². The summed E-state index contributed by atoms with van der Waals surface area (Å²) in [6.45, 7) is 0. The molecule has 0 amide bonds. The van der Waals surface area contributed by atoms with Crippen LogP contribution in [0.5, 0.6) is 0 Å². The molecule has 0 aliphatic rings. The molecular weight excluding hydrogens is 168 g/mol. The summed E-state index contributed by atoms with van der Waals surface area (Å²) < 4.78 is 1.27. The van der Waals surface area contributed by atoms with E-state index in [1.165, 1.54) is 16.8 Å². The van der Waals surface area contributed by atoms with Crippen molar-refractivity contribution in [3.63, 3.8) is 0 Å². The summed E-state index contributed by atoms with van der Waals surface area (Å²) in [5, 5.41) is 6.26. The van der Waals surface area contributed by atoms with Gasteiger partial charge in [-0.15, -0.1) is 0 Å². The third kappa shape index (κ3) is 0.894. The first-order chi connectivity index (χ1) is 5.27. The van der Waals surface area contributed by atoms with E-state index in [0.717, 1.165) is 0 Å². The lowest BCUT2D eigenvalue weighted by Gasteiger charge is -1.88.